The lowest BCUT2D eigenvalue weighted by molar-refractivity contribution is 0.0600. The zero-order chi connectivity index (χ0) is 20.2. The summed E-state index contributed by atoms with van der Waals surface area (Å²) in [5, 5.41) is 2.78. The first-order valence-corrected chi connectivity index (χ1v) is 9.82. The molecule has 2 N–H and O–H groups in total. The lowest BCUT2D eigenvalue weighted by Crippen LogP contribution is -2.31. The summed E-state index contributed by atoms with van der Waals surface area (Å²) in [6.45, 7) is 3.60. The van der Waals surface area contributed by atoms with Crippen LogP contribution in [-0.4, -0.2) is 33.4 Å². The molecule has 1 amide bonds. The lowest BCUT2D eigenvalue weighted by Gasteiger charge is -2.14. The smallest absolute Gasteiger partial charge is 0.339 e. The van der Waals surface area contributed by atoms with Crippen LogP contribution in [0.25, 0.3) is 0 Å². The van der Waals surface area contributed by atoms with Crippen LogP contribution in [0.4, 0.5) is 5.69 Å². The standard InChI is InChI=1S/C18H19ClN2O5S/c1-11(2)20-17(22)13-6-4-5-7-16(13)21-27(24,25)12-8-9-15(19)14(10-12)18(23)26-3/h4-11,21H,1-3H3,(H,20,22). The molecule has 0 aliphatic rings. The summed E-state index contributed by atoms with van der Waals surface area (Å²) < 4.78 is 32.4. The van der Waals surface area contributed by atoms with Crippen LogP contribution >= 0.6 is 11.6 Å². The summed E-state index contributed by atoms with van der Waals surface area (Å²) in [4.78, 5) is 23.9. The van der Waals surface area contributed by atoms with Crippen molar-refractivity contribution in [2.75, 3.05) is 11.8 Å². The van der Waals surface area contributed by atoms with E-state index in [4.69, 9.17) is 11.6 Å². The maximum Gasteiger partial charge on any atom is 0.339 e. The number of anilines is 1. The summed E-state index contributed by atoms with van der Waals surface area (Å²) in [6.07, 6.45) is 0. The van der Waals surface area contributed by atoms with Crippen molar-refractivity contribution in [2.45, 2.75) is 24.8 Å². The highest BCUT2D eigenvalue weighted by Crippen LogP contribution is 2.24. The van der Waals surface area contributed by atoms with Gasteiger partial charge in [-0.25, -0.2) is 13.2 Å². The van der Waals surface area contributed by atoms with E-state index in [-0.39, 0.29) is 32.8 Å². The van der Waals surface area contributed by atoms with Crippen molar-refractivity contribution in [3.63, 3.8) is 0 Å². The predicted octanol–water partition coefficient (Wildman–Crippen LogP) is 3.07. The third-order valence-corrected chi connectivity index (χ3v) is 5.18. The average molecular weight is 411 g/mol. The molecule has 0 atom stereocenters. The minimum absolute atomic E-state index is 0.0671. The number of hydrogen-bond acceptors (Lipinski definition) is 5. The summed E-state index contributed by atoms with van der Waals surface area (Å²) >= 11 is 5.93. The van der Waals surface area contributed by atoms with Crippen molar-refractivity contribution in [3.8, 4) is 0 Å². The van der Waals surface area contributed by atoms with E-state index in [0.29, 0.717) is 0 Å². The monoisotopic (exact) mass is 410 g/mol. The molecule has 0 fully saturated rings. The Morgan fingerprint density at radius 1 is 1.07 bits per heavy atom. The third-order valence-electron chi connectivity index (χ3n) is 3.49. The van der Waals surface area contributed by atoms with Gasteiger partial charge in [-0.2, -0.15) is 0 Å². The first kappa shape index (κ1) is 20.7. The van der Waals surface area contributed by atoms with Crippen molar-refractivity contribution >= 4 is 39.2 Å². The highest BCUT2D eigenvalue weighted by Gasteiger charge is 2.21. The van der Waals surface area contributed by atoms with E-state index in [1.165, 1.54) is 31.4 Å². The number of ether oxygens (including phenoxy) is 1. The van der Waals surface area contributed by atoms with Crippen molar-refractivity contribution in [1.82, 2.24) is 5.32 Å². The molecule has 0 aliphatic carbocycles. The molecule has 2 aromatic carbocycles. The van der Waals surface area contributed by atoms with Gasteiger partial charge in [0, 0.05) is 6.04 Å². The molecular weight excluding hydrogens is 392 g/mol. The van der Waals surface area contributed by atoms with Gasteiger partial charge < -0.3 is 10.1 Å². The molecular formula is C18H19ClN2O5S. The number of rotatable bonds is 6. The van der Waals surface area contributed by atoms with Crippen LogP contribution in [0.2, 0.25) is 5.02 Å². The Bertz CT molecular complexity index is 973. The SMILES string of the molecule is COC(=O)c1cc(S(=O)(=O)Nc2ccccc2C(=O)NC(C)C)ccc1Cl. The number of para-hydroxylation sites is 1. The van der Waals surface area contributed by atoms with E-state index in [9.17, 15) is 18.0 Å². The number of carbonyl (C=O) groups is 2. The lowest BCUT2D eigenvalue weighted by atomic mass is 10.1. The Labute approximate surface area is 162 Å². The number of benzene rings is 2. The molecule has 0 spiro atoms. The topological polar surface area (TPSA) is 102 Å². The Hall–Kier alpha value is -2.58. The fourth-order valence-electron chi connectivity index (χ4n) is 2.25. The molecule has 0 bridgehead atoms. The molecule has 2 aromatic rings. The molecule has 0 saturated heterocycles. The first-order chi connectivity index (χ1) is 12.7. The van der Waals surface area contributed by atoms with E-state index in [1.807, 2.05) is 0 Å². The van der Waals surface area contributed by atoms with Crippen LogP contribution in [0.1, 0.15) is 34.6 Å². The number of amides is 1. The van der Waals surface area contributed by atoms with Crippen molar-refractivity contribution in [1.29, 1.82) is 0 Å². The number of halogens is 1. The summed E-state index contributed by atoms with van der Waals surface area (Å²) in [5.74, 6) is -1.16. The van der Waals surface area contributed by atoms with E-state index in [1.54, 1.807) is 26.0 Å². The maximum absolute atomic E-state index is 12.7. The molecule has 144 valence electrons. The minimum Gasteiger partial charge on any atom is -0.465 e. The average Bonchev–Trinajstić information content (AvgIpc) is 2.60. The first-order valence-electron chi connectivity index (χ1n) is 7.96. The minimum atomic E-state index is -4.08. The number of nitrogens with one attached hydrogen (secondary N) is 2. The van der Waals surface area contributed by atoms with Crippen LogP contribution in [0, 0.1) is 0 Å². The van der Waals surface area contributed by atoms with Gasteiger partial charge in [-0.15, -0.1) is 0 Å². The van der Waals surface area contributed by atoms with Crippen LogP contribution in [0.3, 0.4) is 0 Å². The van der Waals surface area contributed by atoms with E-state index >= 15 is 0 Å². The number of carbonyl (C=O) groups excluding carboxylic acids is 2. The normalized spacial score (nSPS) is 11.1. The van der Waals surface area contributed by atoms with E-state index < -0.39 is 21.9 Å². The van der Waals surface area contributed by atoms with Gasteiger partial charge in [0.1, 0.15) is 0 Å². The van der Waals surface area contributed by atoms with Gasteiger partial charge in [0.05, 0.1) is 33.8 Å². The Kier molecular flexibility index (Phi) is 6.45. The number of methoxy groups -OCH3 is 1. The van der Waals surface area contributed by atoms with E-state index in [0.717, 1.165) is 6.07 Å². The maximum atomic E-state index is 12.7. The predicted molar refractivity (Wildman–Crippen MR) is 103 cm³/mol. The van der Waals surface area contributed by atoms with Crippen LogP contribution in [0.5, 0.6) is 0 Å². The molecule has 0 unspecified atom stereocenters. The molecule has 0 aliphatic heterocycles. The highest BCUT2D eigenvalue weighted by molar-refractivity contribution is 7.92. The molecule has 0 heterocycles. The van der Waals surface area contributed by atoms with Crippen molar-refractivity contribution in [3.05, 3.63) is 58.6 Å². The molecule has 0 aromatic heterocycles. The van der Waals surface area contributed by atoms with E-state index in [2.05, 4.69) is 14.8 Å². The summed E-state index contributed by atoms with van der Waals surface area (Å²) in [7, 11) is -2.91. The summed E-state index contributed by atoms with van der Waals surface area (Å²) in [6, 6.07) is 9.78. The molecule has 2 rings (SSSR count). The fraction of sp³-hybridized carbons (Fsp3) is 0.222. The van der Waals surface area contributed by atoms with Gasteiger partial charge in [-0.1, -0.05) is 23.7 Å². The number of esters is 1. The van der Waals surface area contributed by atoms with Crippen LogP contribution in [0.15, 0.2) is 47.4 Å². The second-order valence-electron chi connectivity index (χ2n) is 5.91. The van der Waals surface area contributed by atoms with Crippen LogP contribution in [-0.2, 0) is 14.8 Å². The van der Waals surface area contributed by atoms with Crippen LogP contribution < -0.4 is 10.0 Å². The van der Waals surface area contributed by atoms with Gasteiger partial charge in [0.2, 0.25) is 0 Å². The quantitative estimate of drug-likeness (QED) is 0.712. The molecule has 9 heteroatoms. The number of sulfonamides is 1. The zero-order valence-corrected chi connectivity index (χ0v) is 16.5. The molecule has 0 saturated carbocycles. The fourth-order valence-corrected chi connectivity index (χ4v) is 3.55. The second-order valence-corrected chi connectivity index (χ2v) is 8.00. The van der Waals surface area contributed by atoms with Gasteiger partial charge in [-0.3, -0.25) is 9.52 Å². The third kappa shape index (κ3) is 4.99. The van der Waals surface area contributed by atoms with Gasteiger partial charge in [-0.05, 0) is 44.2 Å². The largest absolute Gasteiger partial charge is 0.465 e. The van der Waals surface area contributed by atoms with Crippen molar-refractivity contribution in [2.24, 2.45) is 0 Å². The van der Waals surface area contributed by atoms with Gasteiger partial charge in [0.25, 0.3) is 15.9 Å². The number of hydrogen-bond donors (Lipinski definition) is 2. The van der Waals surface area contributed by atoms with Gasteiger partial charge >= 0.3 is 5.97 Å². The zero-order valence-electron chi connectivity index (χ0n) is 14.9. The summed E-state index contributed by atoms with van der Waals surface area (Å²) in [5.41, 5.74) is 0.218. The highest BCUT2D eigenvalue weighted by atomic mass is 35.5. The molecule has 27 heavy (non-hydrogen) atoms. The Balaban J connectivity index is 2.41. The molecule has 7 nitrogen and oxygen atoms in total. The Morgan fingerprint density at radius 2 is 1.74 bits per heavy atom. The van der Waals surface area contributed by atoms with Gasteiger partial charge in [0.15, 0.2) is 0 Å². The second kappa shape index (κ2) is 8.41. The molecule has 0 radical (unpaired) electrons. The Morgan fingerprint density at radius 3 is 2.37 bits per heavy atom. The van der Waals surface area contributed by atoms with Crippen molar-refractivity contribution < 1.29 is 22.7 Å².